The van der Waals surface area contributed by atoms with Crippen LogP contribution < -0.4 is 0 Å². The largest absolute Gasteiger partial charge is 0.309 e. The van der Waals surface area contributed by atoms with Gasteiger partial charge in [0.05, 0.1) is 33.1 Å². The molecule has 0 spiro atoms. The summed E-state index contributed by atoms with van der Waals surface area (Å²) < 4.78 is 7.43. The van der Waals surface area contributed by atoms with Crippen LogP contribution in [0.1, 0.15) is 25.0 Å². The molecule has 0 saturated heterocycles. The normalized spacial score (nSPS) is 13.8. The summed E-state index contributed by atoms with van der Waals surface area (Å²) in [4.78, 5) is 0. The Hall–Kier alpha value is -6.06. The fourth-order valence-corrected chi connectivity index (χ4v) is 8.98. The van der Waals surface area contributed by atoms with Crippen LogP contribution in [0.4, 0.5) is 0 Å². The maximum Gasteiger partial charge on any atom is 0.0562 e. The minimum atomic E-state index is -0.0767. The van der Waals surface area contributed by atoms with Crippen molar-refractivity contribution in [3.8, 4) is 28.2 Å². The molecule has 226 valence electrons. The Kier molecular flexibility index (Phi) is 4.91. The van der Waals surface area contributed by atoms with Crippen molar-refractivity contribution in [2.45, 2.75) is 19.3 Å². The monoisotopic (exact) mass is 613 g/mol. The van der Waals surface area contributed by atoms with E-state index in [0.29, 0.717) is 0 Å². The third-order valence-corrected chi connectivity index (χ3v) is 11.0. The molecule has 0 amide bonds. The number of hydrogen-bond donors (Lipinski definition) is 0. The fraction of sp³-hybridized carbons (Fsp3) is 0.0667. The van der Waals surface area contributed by atoms with E-state index in [1.165, 1.54) is 88.3 Å². The summed E-state index contributed by atoms with van der Waals surface area (Å²) >= 11 is 0. The quantitative estimate of drug-likeness (QED) is 0.188. The average Bonchev–Trinajstić information content (AvgIpc) is 3.69. The SMILES string of the molecule is CC1(C)c2ccccc2-c2ccc(-n3c4ccc5c6c4c4c3cccc4n(-c3ccccc3)c3cccc(c63)n5-c3ccccc3)cc21. The van der Waals surface area contributed by atoms with Crippen molar-refractivity contribution in [3.63, 3.8) is 0 Å². The van der Waals surface area contributed by atoms with Crippen molar-refractivity contribution < 1.29 is 0 Å². The Morgan fingerprint density at radius 1 is 0.333 bits per heavy atom. The second-order valence-electron chi connectivity index (χ2n) is 13.8. The van der Waals surface area contributed by atoms with Gasteiger partial charge in [-0.2, -0.15) is 0 Å². The predicted octanol–water partition coefficient (Wildman–Crippen LogP) is 11.6. The van der Waals surface area contributed by atoms with Crippen LogP contribution in [0.5, 0.6) is 0 Å². The van der Waals surface area contributed by atoms with E-state index in [9.17, 15) is 0 Å². The van der Waals surface area contributed by atoms with Gasteiger partial charge in [0, 0.05) is 44.0 Å². The molecule has 1 aliphatic carbocycles. The number of para-hydroxylation sites is 2. The molecule has 1 aliphatic rings. The molecule has 0 atom stereocenters. The molecule has 3 nitrogen and oxygen atoms in total. The number of nitrogens with zero attached hydrogens (tertiary/aromatic N) is 3. The molecular weight excluding hydrogens is 583 g/mol. The maximum absolute atomic E-state index is 2.51. The smallest absolute Gasteiger partial charge is 0.0562 e. The molecule has 0 N–H and O–H groups in total. The van der Waals surface area contributed by atoms with Crippen LogP contribution in [0.25, 0.3) is 82.8 Å². The van der Waals surface area contributed by atoms with Gasteiger partial charge in [0.1, 0.15) is 0 Å². The minimum Gasteiger partial charge on any atom is -0.309 e. The van der Waals surface area contributed by atoms with Crippen molar-refractivity contribution in [2.75, 3.05) is 0 Å². The Morgan fingerprint density at radius 2 is 0.771 bits per heavy atom. The summed E-state index contributed by atoms with van der Waals surface area (Å²) in [6, 6.07) is 56.0. The second kappa shape index (κ2) is 9.05. The van der Waals surface area contributed by atoms with Crippen molar-refractivity contribution in [3.05, 3.63) is 163 Å². The van der Waals surface area contributed by atoms with Gasteiger partial charge >= 0.3 is 0 Å². The molecule has 0 aliphatic heterocycles. The highest BCUT2D eigenvalue weighted by molar-refractivity contribution is 6.35. The number of benzene rings is 7. The zero-order chi connectivity index (χ0) is 31.7. The molecule has 10 aromatic rings. The van der Waals surface area contributed by atoms with E-state index >= 15 is 0 Å². The third kappa shape index (κ3) is 3.14. The van der Waals surface area contributed by atoms with Gasteiger partial charge in [-0.3, -0.25) is 0 Å². The van der Waals surface area contributed by atoms with Crippen LogP contribution >= 0.6 is 0 Å². The zero-order valence-corrected chi connectivity index (χ0v) is 26.8. The lowest BCUT2D eigenvalue weighted by Crippen LogP contribution is -2.15. The lowest BCUT2D eigenvalue weighted by atomic mass is 9.82. The van der Waals surface area contributed by atoms with Crippen LogP contribution in [-0.2, 0) is 5.41 Å². The van der Waals surface area contributed by atoms with Gasteiger partial charge in [-0.15, -0.1) is 0 Å². The van der Waals surface area contributed by atoms with Gasteiger partial charge < -0.3 is 13.7 Å². The number of aromatic nitrogens is 3. The topological polar surface area (TPSA) is 14.8 Å². The van der Waals surface area contributed by atoms with E-state index in [4.69, 9.17) is 0 Å². The van der Waals surface area contributed by atoms with Crippen molar-refractivity contribution in [1.82, 2.24) is 13.7 Å². The molecule has 48 heavy (non-hydrogen) atoms. The van der Waals surface area contributed by atoms with E-state index in [-0.39, 0.29) is 5.41 Å². The van der Waals surface area contributed by atoms with E-state index in [1.807, 2.05) is 0 Å². The second-order valence-corrected chi connectivity index (χ2v) is 13.8. The molecule has 0 fully saturated rings. The molecular formula is C45H31N3. The summed E-state index contributed by atoms with van der Waals surface area (Å²) in [5, 5.41) is 5.19. The number of hydrogen-bond acceptors (Lipinski definition) is 0. The standard InChI is InChI=1S/C45H31N3/c1-45(2)33-18-10-9-17-31(33)32-24-23-30(27-34(32)45)48-38-22-12-20-36-42(38)44-40(48)26-25-39-43(44)41-35(46(36)28-13-5-3-6-14-28)19-11-21-37(41)47(39)29-15-7-4-8-16-29/h3-27H,1-2H3. The summed E-state index contributed by atoms with van der Waals surface area (Å²) in [6.07, 6.45) is 0. The van der Waals surface area contributed by atoms with E-state index < -0.39 is 0 Å². The summed E-state index contributed by atoms with van der Waals surface area (Å²) in [5.74, 6) is 0. The van der Waals surface area contributed by atoms with Crippen LogP contribution in [0.15, 0.2) is 152 Å². The van der Waals surface area contributed by atoms with Gasteiger partial charge in [-0.1, -0.05) is 92.7 Å². The lowest BCUT2D eigenvalue weighted by molar-refractivity contribution is 0.660. The van der Waals surface area contributed by atoms with Crippen LogP contribution in [0.3, 0.4) is 0 Å². The fourth-order valence-electron chi connectivity index (χ4n) is 8.98. The molecule has 7 aromatic carbocycles. The first-order valence-electron chi connectivity index (χ1n) is 16.8. The van der Waals surface area contributed by atoms with Crippen molar-refractivity contribution in [1.29, 1.82) is 0 Å². The van der Waals surface area contributed by atoms with E-state index in [0.717, 1.165) is 5.69 Å². The lowest BCUT2D eigenvalue weighted by Gasteiger charge is -2.22. The van der Waals surface area contributed by atoms with Crippen LogP contribution in [-0.4, -0.2) is 13.7 Å². The summed E-state index contributed by atoms with van der Waals surface area (Å²) in [7, 11) is 0. The van der Waals surface area contributed by atoms with E-state index in [2.05, 4.69) is 179 Å². The van der Waals surface area contributed by atoms with Gasteiger partial charge in [0.25, 0.3) is 0 Å². The highest BCUT2D eigenvalue weighted by atomic mass is 15.0. The molecule has 0 saturated carbocycles. The Labute approximate surface area is 277 Å². The van der Waals surface area contributed by atoms with Crippen LogP contribution in [0.2, 0.25) is 0 Å². The van der Waals surface area contributed by atoms with Gasteiger partial charge in [-0.25, -0.2) is 0 Å². The highest BCUT2D eigenvalue weighted by Crippen LogP contribution is 2.51. The highest BCUT2D eigenvalue weighted by Gasteiger charge is 2.35. The van der Waals surface area contributed by atoms with Crippen molar-refractivity contribution >= 4 is 54.6 Å². The molecule has 0 radical (unpaired) electrons. The molecule has 0 unspecified atom stereocenters. The van der Waals surface area contributed by atoms with Gasteiger partial charge in [0.15, 0.2) is 0 Å². The number of rotatable bonds is 3. The molecule has 3 heterocycles. The zero-order valence-electron chi connectivity index (χ0n) is 26.8. The van der Waals surface area contributed by atoms with Gasteiger partial charge in [0.2, 0.25) is 0 Å². The summed E-state index contributed by atoms with van der Waals surface area (Å²) in [5.41, 5.74) is 16.2. The first-order chi connectivity index (χ1) is 23.6. The first kappa shape index (κ1) is 26.1. The third-order valence-electron chi connectivity index (χ3n) is 11.0. The molecule has 0 bridgehead atoms. The minimum absolute atomic E-state index is 0.0767. The summed E-state index contributed by atoms with van der Waals surface area (Å²) in [6.45, 7) is 4.73. The Morgan fingerprint density at radius 3 is 1.31 bits per heavy atom. The molecule has 3 aromatic heterocycles. The number of fused-ring (bicyclic) bond motifs is 3. The van der Waals surface area contributed by atoms with Crippen LogP contribution in [0, 0.1) is 0 Å². The Balaban J connectivity index is 1.34. The predicted molar refractivity (Wildman–Crippen MR) is 201 cm³/mol. The maximum atomic E-state index is 2.51. The van der Waals surface area contributed by atoms with Crippen molar-refractivity contribution in [2.24, 2.45) is 0 Å². The van der Waals surface area contributed by atoms with Gasteiger partial charge in [-0.05, 0) is 95.1 Å². The Bertz CT molecular complexity index is 2900. The molecule has 3 heteroatoms. The molecule has 11 rings (SSSR count). The average molecular weight is 614 g/mol. The first-order valence-corrected chi connectivity index (χ1v) is 16.8. The van der Waals surface area contributed by atoms with E-state index in [1.54, 1.807) is 0 Å².